The second-order valence-electron chi connectivity index (χ2n) is 4.29. The molecule has 2 aromatic rings. The first kappa shape index (κ1) is 10.1. The molecule has 86 valence electrons. The molecule has 1 aliphatic carbocycles. The average molecular weight is 226 g/mol. The van der Waals surface area contributed by atoms with E-state index >= 15 is 0 Å². The summed E-state index contributed by atoms with van der Waals surface area (Å²) in [4.78, 5) is 7.99. The fraction of sp³-hybridized carbons (Fsp3) is 0.231. The van der Waals surface area contributed by atoms with Gasteiger partial charge in [0, 0.05) is 11.8 Å². The number of aryl methyl sites for hydroxylation is 2. The maximum Gasteiger partial charge on any atom is 0.135 e. The Morgan fingerprint density at radius 3 is 2.82 bits per heavy atom. The van der Waals surface area contributed by atoms with Crippen molar-refractivity contribution in [2.45, 2.75) is 19.3 Å². The van der Waals surface area contributed by atoms with Gasteiger partial charge in [0.15, 0.2) is 0 Å². The van der Waals surface area contributed by atoms with Crippen LogP contribution in [0.25, 0.3) is 0 Å². The third-order valence-electron chi connectivity index (χ3n) is 3.06. The van der Waals surface area contributed by atoms with Crippen molar-refractivity contribution >= 4 is 17.3 Å². The van der Waals surface area contributed by atoms with Crippen molar-refractivity contribution in [2.75, 3.05) is 11.1 Å². The van der Waals surface area contributed by atoms with Crippen molar-refractivity contribution in [3.05, 3.63) is 41.7 Å². The van der Waals surface area contributed by atoms with E-state index in [9.17, 15) is 0 Å². The first-order valence-corrected chi connectivity index (χ1v) is 5.77. The van der Waals surface area contributed by atoms with E-state index in [0.29, 0.717) is 5.82 Å². The molecular formula is C13H14N4. The minimum Gasteiger partial charge on any atom is -0.384 e. The minimum atomic E-state index is 0.476. The quantitative estimate of drug-likeness (QED) is 0.824. The zero-order valence-corrected chi connectivity index (χ0v) is 9.48. The van der Waals surface area contributed by atoms with Gasteiger partial charge < -0.3 is 11.1 Å². The van der Waals surface area contributed by atoms with E-state index in [4.69, 9.17) is 5.73 Å². The maximum absolute atomic E-state index is 5.61. The number of anilines is 3. The smallest absolute Gasteiger partial charge is 0.135 e. The molecule has 0 amide bonds. The summed E-state index contributed by atoms with van der Waals surface area (Å²) >= 11 is 0. The SMILES string of the molecule is Nc1cc(Nc2ccc3c(c2)CCC3)ncn1. The molecular weight excluding hydrogens is 212 g/mol. The summed E-state index contributed by atoms with van der Waals surface area (Å²) in [7, 11) is 0. The van der Waals surface area contributed by atoms with Crippen molar-refractivity contribution < 1.29 is 0 Å². The minimum absolute atomic E-state index is 0.476. The molecule has 3 N–H and O–H groups in total. The van der Waals surface area contributed by atoms with Gasteiger partial charge in [-0.15, -0.1) is 0 Å². The largest absolute Gasteiger partial charge is 0.384 e. The van der Waals surface area contributed by atoms with Gasteiger partial charge in [-0.25, -0.2) is 9.97 Å². The summed E-state index contributed by atoms with van der Waals surface area (Å²) in [5.74, 6) is 1.21. The third kappa shape index (κ3) is 2.06. The van der Waals surface area contributed by atoms with Crippen molar-refractivity contribution in [1.82, 2.24) is 9.97 Å². The molecule has 1 aromatic carbocycles. The van der Waals surface area contributed by atoms with Crippen molar-refractivity contribution in [3.63, 3.8) is 0 Å². The molecule has 4 heteroatoms. The number of nitrogens with zero attached hydrogens (tertiary/aromatic N) is 2. The fourth-order valence-corrected chi connectivity index (χ4v) is 2.24. The number of nitrogens with two attached hydrogens (primary N) is 1. The standard InChI is InChI=1S/C13H14N4/c14-12-7-13(16-8-15-12)17-11-5-4-9-2-1-3-10(9)6-11/h4-8H,1-3H2,(H3,14,15,16,17). The lowest BCUT2D eigenvalue weighted by Crippen LogP contribution is -1.97. The van der Waals surface area contributed by atoms with Gasteiger partial charge in [0.25, 0.3) is 0 Å². The van der Waals surface area contributed by atoms with Gasteiger partial charge in [-0.3, -0.25) is 0 Å². The third-order valence-corrected chi connectivity index (χ3v) is 3.06. The summed E-state index contributed by atoms with van der Waals surface area (Å²) in [6.07, 6.45) is 5.11. The van der Waals surface area contributed by atoms with E-state index in [2.05, 4.69) is 33.5 Å². The Labute approximate surface area is 99.9 Å². The zero-order chi connectivity index (χ0) is 11.7. The summed E-state index contributed by atoms with van der Waals surface area (Å²) in [5, 5.41) is 3.24. The van der Waals surface area contributed by atoms with Crippen LogP contribution < -0.4 is 11.1 Å². The van der Waals surface area contributed by atoms with Crippen LogP contribution in [0.4, 0.5) is 17.3 Å². The number of hydrogen-bond acceptors (Lipinski definition) is 4. The molecule has 4 nitrogen and oxygen atoms in total. The molecule has 1 aliphatic rings. The fourth-order valence-electron chi connectivity index (χ4n) is 2.24. The van der Waals surface area contributed by atoms with Gasteiger partial charge in [0.1, 0.15) is 18.0 Å². The number of nitrogen functional groups attached to an aromatic ring is 1. The first-order chi connectivity index (χ1) is 8.31. The van der Waals surface area contributed by atoms with Gasteiger partial charge in [-0.05, 0) is 42.5 Å². The molecule has 0 bridgehead atoms. The lowest BCUT2D eigenvalue weighted by Gasteiger charge is -2.07. The van der Waals surface area contributed by atoms with Crippen LogP contribution in [-0.2, 0) is 12.8 Å². The monoisotopic (exact) mass is 226 g/mol. The number of hydrogen-bond donors (Lipinski definition) is 2. The lowest BCUT2D eigenvalue weighted by atomic mass is 10.1. The molecule has 0 radical (unpaired) electrons. The molecule has 0 unspecified atom stereocenters. The number of benzene rings is 1. The van der Waals surface area contributed by atoms with Gasteiger partial charge in [0.2, 0.25) is 0 Å². The normalized spacial score (nSPS) is 13.4. The van der Waals surface area contributed by atoms with Gasteiger partial charge in [-0.2, -0.15) is 0 Å². The maximum atomic E-state index is 5.61. The van der Waals surface area contributed by atoms with Crippen molar-refractivity contribution in [2.24, 2.45) is 0 Å². The van der Waals surface area contributed by atoms with Gasteiger partial charge in [-0.1, -0.05) is 6.07 Å². The molecule has 0 spiro atoms. The second kappa shape index (κ2) is 4.05. The number of rotatable bonds is 2. The van der Waals surface area contributed by atoms with Crippen LogP contribution in [0.1, 0.15) is 17.5 Å². The molecule has 0 saturated carbocycles. The summed E-state index contributed by atoms with van der Waals surface area (Å²) in [5.41, 5.74) is 9.58. The van der Waals surface area contributed by atoms with Gasteiger partial charge >= 0.3 is 0 Å². The summed E-state index contributed by atoms with van der Waals surface area (Å²) in [6.45, 7) is 0. The highest BCUT2D eigenvalue weighted by molar-refractivity contribution is 5.60. The van der Waals surface area contributed by atoms with Crippen LogP contribution in [0.15, 0.2) is 30.6 Å². The highest BCUT2D eigenvalue weighted by Crippen LogP contribution is 2.26. The molecule has 0 atom stereocenters. The van der Waals surface area contributed by atoms with E-state index in [0.717, 1.165) is 11.5 Å². The van der Waals surface area contributed by atoms with Crippen LogP contribution >= 0.6 is 0 Å². The Balaban J connectivity index is 1.86. The van der Waals surface area contributed by atoms with E-state index in [1.807, 2.05) is 0 Å². The topological polar surface area (TPSA) is 63.8 Å². The Bertz CT molecular complexity index is 551. The van der Waals surface area contributed by atoms with Gasteiger partial charge in [0.05, 0.1) is 0 Å². The van der Waals surface area contributed by atoms with Crippen LogP contribution in [-0.4, -0.2) is 9.97 Å². The van der Waals surface area contributed by atoms with Crippen LogP contribution in [0.2, 0.25) is 0 Å². The summed E-state index contributed by atoms with van der Waals surface area (Å²) in [6, 6.07) is 8.20. The predicted octanol–water partition coefficient (Wildman–Crippen LogP) is 2.29. The highest BCUT2D eigenvalue weighted by Gasteiger charge is 2.10. The highest BCUT2D eigenvalue weighted by atomic mass is 15.0. The average Bonchev–Trinajstić information content (AvgIpc) is 2.76. The van der Waals surface area contributed by atoms with E-state index in [-0.39, 0.29) is 0 Å². The molecule has 1 aromatic heterocycles. The predicted molar refractivity (Wildman–Crippen MR) is 68.2 cm³/mol. The Morgan fingerprint density at radius 2 is 1.94 bits per heavy atom. The van der Waals surface area contributed by atoms with Crippen LogP contribution in [0.3, 0.4) is 0 Å². The van der Waals surface area contributed by atoms with E-state index in [1.54, 1.807) is 6.07 Å². The van der Waals surface area contributed by atoms with E-state index in [1.165, 1.54) is 36.7 Å². The number of fused-ring (bicyclic) bond motifs is 1. The van der Waals surface area contributed by atoms with Crippen LogP contribution in [0, 0.1) is 0 Å². The Hall–Kier alpha value is -2.10. The lowest BCUT2D eigenvalue weighted by molar-refractivity contribution is 0.912. The molecule has 1 heterocycles. The van der Waals surface area contributed by atoms with Crippen molar-refractivity contribution in [1.29, 1.82) is 0 Å². The number of nitrogens with one attached hydrogen (secondary N) is 1. The van der Waals surface area contributed by atoms with E-state index < -0.39 is 0 Å². The Kier molecular flexibility index (Phi) is 2.40. The number of aromatic nitrogens is 2. The zero-order valence-electron chi connectivity index (χ0n) is 9.48. The summed E-state index contributed by atoms with van der Waals surface area (Å²) < 4.78 is 0. The van der Waals surface area contributed by atoms with Crippen molar-refractivity contribution in [3.8, 4) is 0 Å². The second-order valence-corrected chi connectivity index (χ2v) is 4.29. The molecule has 3 rings (SSSR count). The molecule has 0 fully saturated rings. The molecule has 17 heavy (non-hydrogen) atoms. The molecule has 0 aliphatic heterocycles. The molecule has 0 saturated heterocycles. The van der Waals surface area contributed by atoms with Crippen LogP contribution in [0.5, 0.6) is 0 Å². The Morgan fingerprint density at radius 1 is 1.06 bits per heavy atom. The first-order valence-electron chi connectivity index (χ1n) is 5.77.